The zero-order chi connectivity index (χ0) is 9.26. The standard InChI is InChI=1S/C8H9ClN4/c1-12-4-8(11-6-12)13-5-10-3-2-7(13)9/h2-4,6H,5H2,1H3. The first-order valence-electron chi connectivity index (χ1n) is 3.88. The number of halogens is 1. The first-order chi connectivity index (χ1) is 6.27. The first kappa shape index (κ1) is 8.31. The van der Waals surface area contributed by atoms with Crippen molar-refractivity contribution in [1.29, 1.82) is 0 Å². The number of rotatable bonds is 1. The Labute approximate surface area is 81.2 Å². The average molecular weight is 197 g/mol. The van der Waals surface area contributed by atoms with E-state index < -0.39 is 0 Å². The zero-order valence-corrected chi connectivity index (χ0v) is 7.94. The topological polar surface area (TPSA) is 33.4 Å². The lowest BCUT2D eigenvalue weighted by atomic mass is 10.5. The number of hydrogen-bond donors (Lipinski definition) is 0. The van der Waals surface area contributed by atoms with E-state index in [4.69, 9.17) is 11.6 Å². The van der Waals surface area contributed by atoms with Crippen LogP contribution in [0.2, 0.25) is 0 Å². The molecule has 0 radical (unpaired) electrons. The van der Waals surface area contributed by atoms with Crippen LogP contribution in [0.5, 0.6) is 0 Å². The van der Waals surface area contributed by atoms with E-state index in [1.165, 1.54) is 0 Å². The lowest BCUT2D eigenvalue weighted by Gasteiger charge is -2.20. The molecular weight excluding hydrogens is 188 g/mol. The Morgan fingerprint density at radius 1 is 1.54 bits per heavy atom. The van der Waals surface area contributed by atoms with E-state index in [0.717, 1.165) is 5.82 Å². The van der Waals surface area contributed by atoms with Crippen molar-refractivity contribution in [3.63, 3.8) is 0 Å². The van der Waals surface area contributed by atoms with Crippen molar-refractivity contribution in [2.24, 2.45) is 12.0 Å². The Bertz CT molecular complexity index is 366. The van der Waals surface area contributed by atoms with Crippen LogP contribution in [0.1, 0.15) is 0 Å². The minimum Gasteiger partial charge on any atom is -0.338 e. The van der Waals surface area contributed by atoms with E-state index in [9.17, 15) is 0 Å². The third kappa shape index (κ3) is 1.58. The van der Waals surface area contributed by atoms with Crippen LogP contribution in [-0.4, -0.2) is 22.4 Å². The van der Waals surface area contributed by atoms with Gasteiger partial charge >= 0.3 is 0 Å². The van der Waals surface area contributed by atoms with Gasteiger partial charge in [-0.2, -0.15) is 0 Å². The number of anilines is 1. The molecular formula is C8H9ClN4. The second-order valence-electron chi connectivity index (χ2n) is 2.79. The van der Waals surface area contributed by atoms with E-state index in [0.29, 0.717) is 11.8 Å². The molecule has 0 spiro atoms. The number of hydrogen-bond acceptors (Lipinski definition) is 3. The van der Waals surface area contributed by atoms with Crippen LogP contribution >= 0.6 is 11.6 Å². The van der Waals surface area contributed by atoms with Gasteiger partial charge in [0.1, 0.15) is 11.8 Å². The molecule has 2 rings (SSSR count). The minimum absolute atomic E-state index is 0.534. The number of imidazole rings is 1. The molecule has 13 heavy (non-hydrogen) atoms. The van der Waals surface area contributed by atoms with Crippen molar-refractivity contribution in [2.45, 2.75) is 0 Å². The maximum absolute atomic E-state index is 5.97. The number of aryl methyl sites for hydroxylation is 1. The second-order valence-corrected chi connectivity index (χ2v) is 3.18. The summed E-state index contributed by atoms with van der Waals surface area (Å²) in [6.07, 6.45) is 7.08. The van der Waals surface area contributed by atoms with Gasteiger partial charge in [-0.1, -0.05) is 11.6 Å². The van der Waals surface area contributed by atoms with Crippen LogP contribution < -0.4 is 4.90 Å². The molecule has 0 fully saturated rings. The Hall–Kier alpha value is -1.29. The van der Waals surface area contributed by atoms with Crippen LogP contribution in [0.15, 0.2) is 28.7 Å². The highest BCUT2D eigenvalue weighted by atomic mass is 35.5. The molecule has 2 heterocycles. The predicted octanol–water partition coefficient (Wildman–Crippen LogP) is 1.35. The molecule has 0 amide bonds. The molecule has 1 aliphatic rings. The SMILES string of the molecule is Cn1cnc(N2CN=CC=C2Cl)c1. The van der Waals surface area contributed by atoms with Gasteiger partial charge < -0.3 is 4.57 Å². The first-order valence-corrected chi connectivity index (χ1v) is 4.26. The normalized spacial score (nSPS) is 16.2. The van der Waals surface area contributed by atoms with E-state index in [1.807, 2.05) is 22.7 Å². The molecule has 1 aromatic rings. The van der Waals surface area contributed by atoms with Gasteiger partial charge in [0, 0.05) is 19.5 Å². The highest BCUT2D eigenvalue weighted by Gasteiger charge is 2.13. The second kappa shape index (κ2) is 3.22. The summed E-state index contributed by atoms with van der Waals surface area (Å²) in [5.74, 6) is 0.820. The summed E-state index contributed by atoms with van der Waals surface area (Å²) in [6.45, 7) is 0.534. The quantitative estimate of drug-likeness (QED) is 0.636. The van der Waals surface area contributed by atoms with Crippen LogP contribution in [0.25, 0.3) is 0 Å². The Morgan fingerprint density at radius 2 is 2.38 bits per heavy atom. The van der Waals surface area contributed by atoms with E-state index in [1.54, 1.807) is 18.6 Å². The van der Waals surface area contributed by atoms with Gasteiger partial charge in [0.2, 0.25) is 0 Å². The fourth-order valence-electron chi connectivity index (χ4n) is 1.12. The van der Waals surface area contributed by atoms with Crippen LogP contribution in [0, 0.1) is 0 Å². The summed E-state index contributed by atoms with van der Waals surface area (Å²) in [5, 5.41) is 0.647. The number of aromatic nitrogens is 2. The largest absolute Gasteiger partial charge is 0.338 e. The third-order valence-electron chi connectivity index (χ3n) is 1.77. The third-order valence-corrected chi connectivity index (χ3v) is 2.10. The fraction of sp³-hybridized carbons (Fsp3) is 0.250. The van der Waals surface area contributed by atoms with E-state index in [2.05, 4.69) is 9.98 Å². The molecule has 0 N–H and O–H groups in total. The van der Waals surface area contributed by atoms with Gasteiger partial charge in [0.05, 0.1) is 6.33 Å². The van der Waals surface area contributed by atoms with Crippen molar-refractivity contribution < 1.29 is 0 Å². The van der Waals surface area contributed by atoms with Gasteiger partial charge in [-0.05, 0) is 6.08 Å². The van der Waals surface area contributed by atoms with E-state index >= 15 is 0 Å². The van der Waals surface area contributed by atoms with Crippen molar-refractivity contribution in [3.05, 3.63) is 23.8 Å². The van der Waals surface area contributed by atoms with Crippen molar-refractivity contribution in [3.8, 4) is 0 Å². The highest BCUT2D eigenvalue weighted by Crippen LogP contribution is 2.20. The average Bonchev–Trinajstić information content (AvgIpc) is 2.53. The maximum Gasteiger partial charge on any atom is 0.153 e. The lowest BCUT2D eigenvalue weighted by molar-refractivity contribution is 0.910. The molecule has 0 atom stereocenters. The van der Waals surface area contributed by atoms with Gasteiger partial charge in [-0.25, -0.2) is 4.98 Å². The van der Waals surface area contributed by atoms with Crippen LogP contribution in [0.3, 0.4) is 0 Å². The van der Waals surface area contributed by atoms with Gasteiger partial charge in [-0.15, -0.1) is 0 Å². The van der Waals surface area contributed by atoms with E-state index in [-0.39, 0.29) is 0 Å². The van der Waals surface area contributed by atoms with Crippen LogP contribution in [-0.2, 0) is 7.05 Å². The number of nitrogens with zero attached hydrogens (tertiary/aromatic N) is 4. The summed E-state index contributed by atoms with van der Waals surface area (Å²) in [4.78, 5) is 10.1. The molecule has 0 aromatic carbocycles. The number of aliphatic imine (C=N–C) groups is 1. The Balaban J connectivity index is 2.27. The minimum atomic E-state index is 0.534. The smallest absolute Gasteiger partial charge is 0.153 e. The lowest BCUT2D eigenvalue weighted by Crippen LogP contribution is -2.22. The highest BCUT2D eigenvalue weighted by molar-refractivity contribution is 6.32. The molecule has 5 heteroatoms. The summed E-state index contributed by atoms with van der Waals surface area (Å²) in [6, 6.07) is 0. The molecule has 68 valence electrons. The van der Waals surface area contributed by atoms with Gasteiger partial charge in [-0.3, -0.25) is 9.89 Å². The van der Waals surface area contributed by atoms with Crippen LogP contribution in [0.4, 0.5) is 5.82 Å². The van der Waals surface area contributed by atoms with Gasteiger partial charge in [0.25, 0.3) is 0 Å². The summed E-state index contributed by atoms with van der Waals surface area (Å²) < 4.78 is 1.87. The zero-order valence-electron chi connectivity index (χ0n) is 7.18. The predicted molar refractivity (Wildman–Crippen MR) is 53.0 cm³/mol. The van der Waals surface area contributed by atoms with Gasteiger partial charge in [0.15, 0.2) is 5.82 Å². The summed E-state index contributed by atoms with van der Waals surface area (Å²) >= 11 is 5.97. The fourth-order valence-corrected chi connectivity index (χ4v) is 1.32. The molecule has 0 unspecified atom stereocenters. The molecule has 0 saturated heterocycles. The summed E-state index contributed by atoms with van der Waals surface area (Å²) in [7, 11) is 1.92. The Morgan fingerprint density at radius 3 is 3.00 bits per heavy atom. The van der Waals surface area contributed by atoms with Crippen molar-refractivity contribution in [1.82, 2.24) is 9.55 Å². The molecule has 1 aliphatic heterocycles. The van der Waals surface area contributed by atoms with Crippen molar-refractivity contribution >= 4 is 23.6 Å². The Kier molecular flexibility index (Phi) is 2.06. The van der Waals surface area contributed by atoms with Crippen molar-refractivity contribution in [2.75, 3.05) is 11.6 Å². The maximum atomic E-state index is 5.97. The monoisotopic (exact) mass is 196 g/mol. The molecule has 0 bridgehead atoms. The molecule has 4 nitrogen and oxygen atoms in total. The molecule has 0 aliphatic carbocycles. The molecule has 1 aromatic heterocycles. The molecule has 0 saturated carbocycles. The summed E-state index contributed by atoms with van der Waals surface area (Å²) in [5.41, 5.74) is 0. The number of allylic oxidation sites excluding steroid dienone is 1.